The average Bonchev–Trinajstić information content (AvgIpc) is 3.31. The molecule has 1 N–H and O–H groups in total. The molecule has 0 atom stereocenters. The van der Waals surface area contributed by atoms with Crippen molar-refractivity contribution in [1.29, 1.82) is 0 Å². The van der Waals surface area contributed by atoms with Gasteiger partial charge in [-0.2, -0.15) is 0 Å². The number of fused-ring (bicyclic) bond motifs is 2. The van der Waals surface area contributed by atoms with Crippen molar-refractivity contribution >= 4 is 10.9 Å². The van der Waals surface area contributed by atoms with E-state index in [0.717, 1.165) is 42.7 Å². The summed E-state index contributed by atoms with van der Waals surface area (Å²) in [7, 11) is 0. The minimum Gasteiger partial charge on any atom is -0.461 e. The molecule has 0 saturated heterocycles. The van der Waals surface area contributed by atoms with Crippen LogP contribution in [0, 0.1) is 5.82 Å². The number of nitrogens with zero attached hydrogens (tertiary/aromatic N) is 3. The molecular weight excluding hydrogens is 331 g/mol. The number of halogens is 1. The molecule has 4 heterocycles. The first-order valence-corrected chi connectivity index (χ1v) is 8.63. The van der Waals surface area contributed by atoms with Gasteiger partial charge >= 0.3 is 0 Å². The summed E-state index contributed by atoms with van der Waals surface area (Å²) in [4.78, 5) is 14.6. The van der Waals surface area contributed by atoms with Crippen molar-refractivity contribution in [3.63, 3.8) is 0 Å². The van der Waals surface area contributed by atoms with Gasteiger partial charge in [-0.1, -0.05) is 0 Å². The number of nitrogens with one attached hydrogen (secondary N) is 1. The van der Waals surface area contributed by atoms with E-state index >= 15 is 0 Å². The van der Waals surface area contributed by atoms with Gasteiger partial charge in [-0.05, 0) is 47.9 Å². The fourth-order valence-electron chi connectivity index (χ4n) is 3.55. The molecule has 0 bridgehead atoms. The largest absolute Gasteiger partial charge is 0.461 e. The first-order chi connectivity index (χ1) is 12.8. The molecule has 0 fully saturated rings. The number of hydrogen-bond donors (Lipinski definition) is 1. The third kappa shape index (κ3) is 2.68. The summed E-state index contributed by atoms with van der Waals surface area (Å²) in [6.07, 6.45) is 6.43. The maximum absolute atomic E-state index is 13.4. The van der Waals surface area contributed by atoms with Crippen molar-refractivity contribution in [3.8, 4) is 11.6 Å². The highest BCUT2D eigenvalue weighted by molar-refractivity contribution is 5.83. The van der Waals surface area contributed by atoms with Gasteiger partial charge in [-0.15, -0.1) is 0 Å². The molecule has 0 unspecified atom stereocenters. The molecule has 5 rings (SSSR count). The fourth-order valence-corrected chi connectivity index (χ4v) is 3.55. The third-order valence-electron chi connectivity index (χ3n) is 4.89. The van der Waals surface area contributed by atoms with Crippen molar-refractivity contribution in [2.75, 3.05) is 6.54 Å². The van der Waals surface area contributed by atoms with Crippen LogP contribution in [0.5, 0.6) is 0 Å². The van der Waals surface area contributed by atoms with Gasteiger partial charge in [-0.25, -0.2) is 14.4 Å². The van der Waals surface area contributed by atoms with Crippen LogP contribution in [-0.2, 0) is 19.5 Å². The van der Waals surface area contributed by atoms with Crippen molar-refractivity contribution in [2.24, 2.45) is 0 Å². The van der Waals surface area contributed by atoms with Gasteiger partial charge in [0.15, 0.2) is 11.6 Å². The molecule has 5 nitrogen and oxygen atoms in total. The number of aromatic nitrogens is 3. The monoisotopic (exact) mass is 348 g/mol. The Labute approximate surface area is 149 Å². The van der Waals surface area contributed by atoms with Crippen LogP contribution < -0.4 is 0 Å². The van der Waals surface area contributed by atoms with Crippen molar-refractivity contribution in [3.05, 3.63) is 71.6 Å². The molecule has 0 aliphatic carbocycles. The first kappa shape index (κ1) is 15.3. The topological polar surface area (TPSA) is 58.0 Å². The van der Waals surface area contributed by atoms with Crippen LogP contribution >= 0.6 is 0 Å². The second-order valence-corrected chi connectivity index (χ2v) is 6.61. The first-order valence-electron chi connectivity index (χ1n) is 8.63. The summed E-state index contributed by atoms with van der Waals surface area (Å²) in [5.74, 6) is 1.08. The number of hydrogen-bond acceptors (Lipinski definition) is 4. The average molecular weight is 348 g/mol. The van der Waals surface area contributed by atoms with Gasteiger partial charge < -0.3 is 9.40 Å². The van der Waals surface area contributed by atoms with Gasteiger partial charge in [-0.3, -0.25) is 4.90 Å². The van der Waals surface area contributed by atoms with Gasteiger partial charge in [0.1, 0.15) is 5.82 Å². The van der Waals surface area contributed by atoms with Gasteiger partial charge in [0, 0.05) is 42.9 Å². The van der Waals surface area contributed by atoms with E-state index in [1.54, 1.807) is 6.26 Å². The maximum Gasteiger partial charge on any atom is 0.195 e. The lowest BCUT2D eigenvalue weighted by Crippen LogP contribution is -2.31. The zero-order valence-corrected chi connectivity index (χ0v) is 14.1. The Morgan fingerprint density at radius 3 is 3.12 bits per heavy atom. The summed E-state index contributed by atoms with van der Waals surface area (Å²) >= 11 is 0. The van der Waals surface area contributed by atoms with E-state index in [4.69, 9.17) is 9.40 Å². The zero-order valence-electron chi connectivity index (χ0n) is 14.1. The van der Waals surface area contributed by atoms with Crippen LogP contribution in [0.2, 0.25) is 0 Å². The lowest BCUT2D eigenvalue weighted by atomic mass is 10.1. The molecule has 0 radical (unpaired) electrons. The predicted molar refractivity (Wildman–Crippen MR) is 95.8 cm³/mol. The normalized spacial score (nSPS) is 14.7. The number of aromatic amines is 1. The van der Waals surface area contributed by atoms with E-state index in [9.17, 15) is 4.39 Å². The van der Waals surface area contributed by atoms with Gasteiger partial charge in [0.2, 0.25) is 0 Å². The molecule has 0 amide bonds. The number of rotatable bonds is 3. The molecular formula is C20H17FN4O. The molecule has 1 aliphatic rings. The van der Waals surface area contributed by atoms with Crippen LogP contribution in [-0.4, -0.2) is 26.4 Å². The summed E-state index contributed by atoms with van der Waals surface area (Å²) in [5, 5.41) is 1.07. The Morgan fingerprint density at radius 1 is 1.27 bits per heavy atom. The third-order valence-corrected chi connectivity index (χ3v) is 4.89. The fraction of sp³-hybridized carbons (Fsp3) is 0.200. The lowest BCUT2D eigenvalue weighted by Gasteiger charge is -2.27. The maximum atomic E-state index is 13.4. The van der Waals surface area contributed by atoms with Crippen molar-refractivity contribution < 1.29 is 8.81 Å². The summed E-state index contributed by atoms with van der Waals surface area (Å²) in [6, 6.07) is 8.59. The summed E-state index contributed by atoms with van der Waals surface area (Å²) in [5.41, 5.74) is 4.24. The van der Waals surface area contributed by atoms with E-state index in [2.05, 4.69) is 14.9 Å². The molecule has 26 heavy (non-hydrogen) atoms. The van der Waals surface area contributed by atoms with E-state index in [-0.39, 0.29) is 5.82 Å². The van der Waals surface area contributed by atoms with Crippen LogP contribution in [0.15, 0.2) is 53.4 Å². The van der Waals surface area contributed by atoms with Gasteiger partial charge in [0.05, 0.1) is 12.0 Å². The quantitative estimate of drug-likeness (QED) is 0.610. The molecule has 4 aromatic rings. The van der Waals surface area contributed by atoms with Crippen molar-refractivity contribution in [2.45, 2.75) is 19.5 Å². The number of benzene rings is 1. The molecule has 6 heteroatoms. The van der Waals surface area contributed by atoms with Crippen LogP contribution in [0.4, 0.5) is 4.39 Å². The number of furan rings is 1. The summed E-state index contributed by atoms with van der Waals surface area (Å²) in [6.45, 7) is 2.51. The smallest absolute Gasteiger partial charge is 0.195 e. The molecule has 1 aromatic carbocycles. The Kier molecular flexibility index (Phi) is 3.57. The van der Waals surface area contributed by atoms with E-state index in [1.807, 2.05) is 30.6 Å². The van der Waals surface area contributed by atoms with E-state index in [1.165, 1.54) is 23.3 Å². The minimum absolute atomic E-state index is 0.222. The lowest BCUT2D eigenvalue weighted by molar-refractivity contribution is 0.242. The molecule has 1 aliphatic heterocycles. The van der Waals surface area contributed by atoms with Gasteiger partial charge in [0.25, 0.3) is 0 Å². The second kappa shape index (κ2) is 6.07. The molecule has 130 valence electrons. The second-order valence-electron chi connectivity index (χ2n) is 6.61. The Balaban J connectivity index is 1.40. The molecule has 0 saturated carbocycles. The molecule has 3 aromatic heterocycles. The van der Waals surface area contributed by atoms with Crippen molar-refractivity contribution in [1.82, 2.24) is 19.9 Å². The predicted octanol–water partition coefficient (Wildman–Crippen LogP) is 3.92. The Hall–Kier alpha value is -2.99. The Morgan fingerprint density at radius 2 is 2.23 bits per heavy atom. The standard InChI is InChI=1S/C20H17FN4O/c21-15-3-4-16-14(10-22-17(16)8-15)11-25-6-5-13-9-23-20(24-18(13)12-25)19-2-1-7-26-19/h1-4,7-10,22H,5-6,11-12H2. The SMILES string of the molecule is Fc1ccc2c(CN3CCc4cnc(-c5ccco5)nc4C3)c[nH]c2c1. The minimum atomic E-state index is -0.222. The highest BCUT2D eigenvalue weighted by Crippen LogP contribution is 2.25. The number of H-pyrrole nitrogens is 1. The summed E-state index contributed by atoms with van der Waals surface area (Å²) < 4.78 is 18.8. The highest BCUT2D eigenvalue weighted by Gasteiger charge is 2.20. The molecule has 0 spiro atoms. The Bertz CT molecular complexity index is 1070. The zero-order chi connectivity index (χ0) is 17.5. The van der Waals surface area contributed by atoms with Crippen LogP contribution in [0.3, 0.4) is 0 Å². The van der Waals surface area contributed by atoms with E-state index in [0.29, 0.717) is 11.6 Å². The highest BCUT2D eigenvalue weighted by atomic mass is 19.1. The van der Waals surface area contributed by atoms with Crippen LogP contribution in [0.1, 0.15) is 16.8 Å². The van der Waals surface area contributed by atoms with E-state index < -0.39 is 0 Å². The van der Waals surface area contributed by atoms with Crippen LogP contribution in [0.25, 0.3) is 22.5 Å².